The lowest BCUT2D eigenvalue weighted by atomic mass is 10.1. The van der Waals surface area contributed by atoms with Crippen LogP contribution in [0.4, 0.5) is 0 Å². The van der Waals surface area contributed by atoms with Gasteiger partial charge in [-0.1, -0.05) is 27.0 Å². The van der Waals surface area contributed by atoms with Gasteiger partial charge in [-0.2, -0.15) is 0 Å². The molecule has 0 saturated carbocycles. The molecule has 0 aliphatic rings. The van der Waals surface area contributed by atoms with Gasteiger partial charge in [-0.3, -0.25) is 0 Å². The number of ether oxygens (including phenoxy) is 2. The van der Waals surface area contributed by atoms with Crippen molar-refractivity contribution < 1.29 is 19.1 Å². The molecular formula is C11H16O4. The number of hydrogen-bond acceptors (Lipinski definition) is 4. The second-order valence-corrected chi connectivity index (χ2v) is 3.42. The molecule has 0 bridgehead atoms. The van der Waals surface area contributed by atoms with Gasteiger partial charge in [0.2, 0.25) is 0 Å². The second kappa shape index (κ2) is 5.34. The molecule has 4 heteroatoms. The molecule has 0 aromatic carbocycles. The molecule has 0 aliphatic carbocycles. The maximum absolute atomic E-state index is 11.0. The first-order chi connectivity index (χ1) is 6.85. The van der Waals surface area contributed by atoms with E-state index in [4.69, 9.17) is 9.47 Å². The fourth-order valence-electron chi connectivity index (χ4n) is 0.739. The molecule has 0 heterocycles. The van der Waals surface area contributed by atoms with Gasteiger partial charge < -0.3 is 9.47 Å². The van der Waals surface area contributed by atoms with Gasteiger partial charge in [0, 0.05) is 25.0 Å². The highest BCUT2D eigenvalue weighted by Crippen LogP contribution is 2.23. The molecule has 4 nitrogen and oxygen atoms in total. The number of carbonyl (C=O) groups is 2. The first-order valence-electron chi connectivity index (χ1n) is 4.56. The first-order valence-corrected chi connectivity index (χ1v) is 4.56. The van der Waals surface area contributed by atoms with Gasteiger partial charge in [0.25, 0.3) is 5.79 Å². The van der Waals surface area contributed by atoms with E-state index < -0.39 is 17.7 Å². The normalized spacial score (nSPS) is 10.7. The molecule has 0 spiro atoms. The zero-order valence-electron chi connectivity index (χ0n) is 9.28. The Hall–Kier alpha value is -1.58. The summed E-state index contributed by atoms with van der Waals surface area (Å²) in [5.74, 6) is -2.74. The Morgan fingerprint density at radius 1 is 1.13 bits per heavy atom. The standard InChI is InChI=1S/C11H16O4/c1-6-9(12)14-11(5,8(3)4)15-10(13)7-2/h6-8H,1-2H2,3-5H3. The Morgan fingerprint density at radius 2 is 1.47 bits per heavy atom. The fraction of sp³-hybridized carbons (Fsp3) is 0.455. The molecule has 0 radical (unpaired) electrons. The maximum atomic E-state index is 11.0. The second-order valence-electron chi connectivity index (χ2n) is 3.42. The highest BCUT2D eigenvalue weighted by atomic mass is 16.7. The zero-order valence-corrected chi connectivity index (χ0v) is 9.28. The highest BCUT2D eigenvalue weighted by molar-refractivity contribution is 5.83. The molecule has 0 N–H and O–H groups in total. The van der Waals surface area contributed by atoms with Gasteiger partial charge in [0.15, 0.2) is 0 Å². The predicted octanol–water partition coefficient (Wildman–Crippen LogP) is 1.82. The van der Waals surface area contributed by atoms with Crippen molar-refractivity contribution in [3.63, 3.8) is 0 Å². The summed E-state index contributed by atoms with van der Waals surface area (Å²) in [7, 11) is 0. The number of carbonyl (C=O) groups excluding carboxylic acids is 2. The monoisotopic (exact) mass is 212 g/mol. The van der Waals surface area contributed by atoms with Crippen molar-refractivity contribution >= 4 is 11.9 Å². The van der Waals surface area contributed by atoms with Crippen LogP contribution >= 0.6 is 0 Å². The van der Waals surface area contributed by atoms with Crippen molar-refractivity contribution in [1.82, 2.24) is 0 Å². The summed E-state index contributed by atoms with van der Waals surface area (Å²) in [5, 5.41) is 0. The Labute approximate surface area is 89.6 Å². The number of hydrogen-bond donors (Lipinski definition) is 0. The van der Waals surface area contributed by atoms with Crippen LogP contribution in [0.15, 0.2) is 25.3 Å². The summed E-state index contributed by atoms with van der Waals surface area (Å²) in [6, 6.07) is 0. The summed E-state index contributed by atoms with van der Waals surface area (Å²) >= 11 is 0. The van der Waals surface area contributed by atoms with Crippen molar-refractivity contribution in [3.8, 4) is 0 Å². The third kappa shape index (κ3) is 3.97. The molecule has 0 fully saturated rings. The maximum Gasteiger partial charge on any atom is 0.333 e. The minimum atomic E-state index is -1.30. The average molecular weight is 212 g/mol. The minimum Gasteiger partial charge on any atom is -0.419 e. The Kier molecular flexibility index (Phi) is 4.78. The molecule has 0 rings (SSSR count). The van der Waals surface area contributed by atoms with Crippen molar-refractivity contribution in [3.05, 3.63) is 25.3 Å². The quantitative estimate of drug-likeness (QED) is 0.396. The van der Waals surface area contributed by atoms with E-state index in [1.54, 1.807) is 13.8 Å². The lowest BCUT2D eigenvalue weighted by molar-refractivity contribution is -0.230. The van der Waals surface area contributed by atoms with Gasteiger partial charge in [0.05, 0.1) is 0 Å². The first kappa shape index (κ1) is 13.4. The number of esters is 2. The lowest BCUT2D eigenvalue weighted by Gasteiger charge is -2.31. The van der Waals surface area contributed by atoms with E-state index >= 15 is 0 Å². The third-order valence-corrected chi connectivity index (χ3v) is 1.99. The van der Waals surface area contributed by atoms with Crippen LogP contribution in [-0.4, -0.2) is 17.7 Å². The van der Waals surface area contributed by atoms with E-state index in [1.165, 1.54) is 6.92 Å². The van der Waals surface area contributed by atoms with Crippen LogP contribution in [0.5, 0.6) is 0 Å². The molecule has 0 aromatic rings. The molecular weight excluding hydrogens is 196 g/mol. The Balaban J connectivity index is 4.73. The van der Waals surface area contributed by atoms with E-state index in [0.717, 1.165) is 12.2 Å². The lowest BCUT2D eigenvalue weighted by Crippen LogP contribution is -2.41. The SMILES string of the molecule is C=CC(=O)OC(C)(OC(=O)C=C)C(C)C. The molecule has 15 heavy (non-hydrogen) atoms. The Morgan fingerprint density at radius 3 is 1.67 bits per heavy atom. The van der Waals surface area contributed by atoms with E-state index in [0.29, 0.717) is 0 Å². The van der Waals surface area contributed by atoms with Crippen molar-refractivity contribution in [2.24, 2.45) is 5.92 Å². The molecule has 0 saturated heterocycles. The fourth-order valence-corrected chi connectivity index (χ4v) is 0.739. The van der Waals surface area contributed by atoms with Gasteiger partial charge in [-0.25, -0.2) is 9.59 Å². The van der Waals surface area contributed by atoms with Crippen LogP contribution < -0.4 is 0 Å². The summed E-state index contributed by atoms with van der Waals surface area (Å²) in [5.41, 5.74) is 0. The zero-order chi connectivity index (χ0) is 12.1. The van der Waals surface area contributed by atoms with E-state index in [2.05, 4.69) is 13.2 Å². The van der Waals surface area contributed by atoms with Gasteiger partial charge >= 0.3 is 11.9 Å². The summed E-state index contributed by atoms with van der Waals surface area (Å²) in [6.45, 7) is 11.6. The third-order valence-electron chi connectivity index (χ3n) is 1.99. The van der Waals surface area contributed by atoms with E-state index in [-0.39, 0.29) is 5.92 Å². The largest absolute Gasteiger partial charge is 0.419 e. The van der Waals surface area contributed by atoms with Crippen LogP contribution in [0.2, 0.25) is 0 Å². The van der Waals surface area contributed by atoms with Crippen molar-refractivity contribution in [1.29, 1.82) is 0 Å². The topological polar surface area (TPSA) is 52.6 Å². The molecule has 84 valence electrons. The predicted molar refractivity (Wildman–Crippen MR) is 55.8 cm³/mol. The molecule has 0 atom stereocenters. The van der Waals surface area contributed by atoms with Gasteiger partial charge in [-0.15, -0.1) is 0 Å². The van der Waals surface area contributed by atoms with Crippen LogP contribution in [0.1, 0.15) is 20.8 Å². The molecule has 0 aromatic heterocycles. The number of rotatable bonds is 5. The minimum absolute atomic E-state index is 0.176. The van der Waals surface area contributed by atoms with Gasteiger partial charge in [-0.05, 0) is 0 Å². The highest BCUT2D eigenvalue weighted by Gasteiger charge is 2.35. The van der Waals surface area contributed by atoms with Crippen LogP contribution in [-0.2, 0) is 19.1 Å². The average Bonchev–Trinajstić information content (AvgIpc) is 2.16. The van der Waals surface area contributed by atoms with Crippen LogP contribution in [0.3, 0.4) is 0 Å². The van der Waals surface area contributed by atoms with E-state index in [1.807, 2.05) is 0 Å². The van der Waals surface area contributed by atoms with Gasteiger partial charge in [0.1, 0.15) is 0 Å². The molecule has 0 aliphatic heterocycles. The van der Waals surface area contributed by atoms with Crippen LogP contribution in [0.25, 0.3) is 0 Å². The summed E-state index contributed by atoms with van der Waals surface area (Å²) in [6.07, 6.45) is 2.03. The Bertz CT molecular complexity index is 256. The van der Waals surface area contributed by atoms with Crippen LogP contribution in [0, 0.1) is 5.92 Å². The van der Waals surface area contributed by atoms with Crippen molar-refractivity contribution in [2.75, 3.05) is 0 Å². The molecule has 0 unspecified atom stereocenters. The molecule has 0 amide bonds. The smallest absolute Gasteiger partial charge is 0.333 e. The summed E-state index contributed by atoms with van der Waals surface area (Å²) in [4.78, 5) is 22.1. The summed E-state index contributed by atoms with van der Waals surface area (Å²) < 4.78 is 9.95. The van der Waals surface area contributed by atoms with Crippen molar-refractivity contribution in [2.45, 2.75) is 26.6 Å². The van der Waals surface area contributed by atoms with E-state index in [9.17, 15) is 9.59 Å².